The van der Waals surface area contributed by atoms with Crippen LogP contribution in [-0.4, -0.2) is 62.4 Å². The zero-order valence-corrected chi connectivity index (χ0v) is 15.9. The predicted octanol–water partition coefficient (Wildman–Crippen LogP) is -0.954. The third-order valence-corrected chi connectivity index (χ3v) is 2.99. The first-order valence-corrected chi connectivity index (χ1v) is 8.28. The molecular weight excluding hydrogens is 346 g/mol. The molecule has 0 rings (SSSR count). The molecule has 4 N–H and O–H groups in total. The van der Waals surface area contributed by atoms with Gasteiger partial charge in [-0.15, -0.1) is 0 Å². The van der Waals surface area contributed by atoms with Crippen molar-refractivity contribution in [1.29, 1.82) is 0 Å². The van der Waals surface area contributed by atoms with E-state index in [0.29, 0.717) is 12.8 Å². The molecule has 2 atom stereocenters. The molecule has 0 spiro atoms. The van der Waals surface area contributed by atoms with Crippen molar-refractivity contribution in [2.75, 3.05) is 20.8 Å². The van der Waals surface area contributed by atoms with Gasteiger partial charge in [-0.1, -0.05) is 27.2 Å². The number of ketones is 1. The molecule has 0 heterocycles. The van der Waals surface area contributed by atoms with Gasteiger partial charge in [-0.2, -0.15) is 0 Å². The molecule has 0 radical (unpaired) electrons. The monoisotopic (exact) mass is 375 g/mol. The highest BCUT2D eigenvalue weighted by atomic mass is 16.5. The number of esters is 2. The molecule has 26 heavy (non-hydrogen) atoms. The molecule has 2 unspecified atom stereocenters. The minimum Gasteiger partial charge on any atom is -0.469 e. The molecule has 0 aliphatic carbocycles. The van der Waals surface area contributed by atoms with Crippen LogP contribution in [0.15, 0.2) is 0 Å². The van der Waals surface area contributed by atoms with E-state index in [2.05, 4.69) is 20.1 Å². The fourth-order valence-corrected chi connectivity index (χ4v) is 1.69. The van der Waals surface area contributed by atoms with E-state index < -0.39 is 54.6 Å². The highest BCUT2D eigenvalue weighted by molar-refractivity contribution is 6.38. The topological polar surface area (TPSA) is 154 Å². The minimum absolute atomic E-state index is 0.349. The predicted molar refractivity (Wildman–Crippen MR) is 92.8 cm³/mol. The van der Waals surface area contributed by atoms with E-state index in [1.54, 1.807) is 0 Å². The van der Waals surface area contributed by atoms with Crippen LogP contribution in [0.25, 0.3) is 0 Å². The number of Topliss-reactive ketones (excluding diaryl/α,β-unsaturated/α-hetero) is 1. The van der Waals surface area contributed by atoms with E-state index >= 15 is 0 Å². The second-order valence-electron chi connectivity index (χ2n) is 4.87. The van der Waals surface area contributed by atoms with Crippen molar-refractivity contribution in [3.63, 3.8) is 0 Å². The molecule has 10 heteroatoms. The molecule has 0 saturated carbocycles. The third-order valence-electron chi connectivity index (χ3n) is 2.99. The summed E-state index contributed by atoms with van der Waals surface area (Å²) in [6.45, 7) is 5.25. The van der Waals surface area contributed by atoms with E-state index in [1.807, 2.05) is 20.8 Å². The Morgan fingerprint density at radius 1 is 1.04 bits per heavy atom. The summed E-state index contributed by atoms with van der Waals surface area (Å²) in [5.74, 6) is -4.17. The molecule has 0 aromatic carbocycles. The maximum Gasteiger partial charge on any atom is 0.328 e. The number of amides is 2. The molecule has 0 bridgehead atoms. The van der Waals surface area contributed by atoms with Crippen molar-refractivity contribution < 1.29 is 33.4 Å². The number of nitrogens with two attached hydrogens (primary N) is 1. The lowest BCUT2D eigenvalue weighted by atomic mass is 10.1. The third kappa shape index (κ3) is 10.4. The first-order chi connectivity index (χ1) is 12.3. The van der Waals surface area contributed by atoms with E-state index in [4.69, 9.17) is 5.73 Å². The van der Waals surface area contributed by atoms with Crippen molar-refractivity contribution in [2.24, 2.45) is 5.73 Å². The maximum absolute atomic E-state index is 11.7. The Morgan fingerprint density at radius 3 is 2.08 bits per heavy atom. The molecule has 0 aliphatic heterocycles. The van der Waals surface area contributed by atoms with Gasteiger partial charge in [-0.05, 0) is 6.42 Å². The first kappa shape index (κ1) is 25.7. The fourth-order valence-electron chi connectivity index (χ4n) is 1.69. The van der Waals surface area contributed by atoms with Gasteiger partial charge in [0.1, 0.15) is 6.04 Å². The number of methoxy groups -OCH3 is 2. The average Bonchev–Trinajstić information content (AvgIpc) is 2.65. The zero-order chi connectivity index (χ0) is 20.7. The van der Waals surface area contributed by atoms with E-state index in [1.165, 1.54) is 0 Å². The highest BCUT2D eigenvalue weighted by Crippen LogP contribution is 1.98. The van der Waals surface area contributed by atoms with Crippen LogP contribution in [-0.2, 0) is 33.4 Å². The molecule has 0 aromatic heterocycles. The van der Waals surface area contributed by atoms with Crippen LogP contribution in [0.3, 0.4) is 0 Å². The molecule has 0 aliphatic rings. The van der Waals surface area contributed by atoms with Gasteiger partial charge in [0.2, 0.25) is 11.7 Å². The summed E-state index contributed by atoms with van der Waals surface area (Å²) in [7, 11) is 2.22. The summed E-state index contributed by atoms with van der Waals surface area (Å²) >= 11 is 0. The van der Waals surface area contributed by atoms with E-state index in [-0.39, 0.29) is 0 Å². The van der Waals surface area contributed by atoms with Crippen molar-refractivity contribution in [2.45, 2.75) is 52.1 Å². The van der Waals surface area contributed by atoms with Gasteiger partial charge in [-0.25, -0.2) is 4.79 Å². The SMILES string of the molecule is CC.CCCC(N)C(=O)C(=O)NCC(=O)NC(CC(=O)OC)C(=O)OC. The highest BCUT2D eigenvalue weighted by Gasteiger charge is 2.26. The summed E-state index contributed by atoms with van der Waals surface area (Å²) in [5.41, 5.74) is 5.52. The lowest BCUT2D eigenvalue weighted by Gasteiger charge is -2.15. The number of hydrogen-bond donors (Lipinski definition) is 3. The smallest absolute Gasteiger partial charge is 0.328 e. The summed E-state index contributed by atoms with van der Waals surface area (Å²) in [5, 5.41) is 4.31. The summed E-state index contributed by atoms with van der Waals surface area (Å²) in [6, 6.07) is -2.19. The van der Waals surface area contributed by atoms with Crippen molar-refractivity contribution in [3.05, 3.63) is 0 Å². The average molecular weight is 375 g/mol. The molecular formula is C16H29N3O7. The lowest BCUT2D eigenvalue weighted by molar-refractivity contribution is -0.150. The van der Waals surface area contributed by atoms with Gasteiger partial charge in [-0.3, -0.25) is 19.2 Å². The van der Waals surface area contributed by atoms with Gasteiger partial charge < -0.3 is 25.8 Å². The molecule has 0 saturated heterocycles. The summed E-state index contributed by atoms with van der Waals surface area (Å²) in [4.78, 5) is 57.6. The normalized spacial score (nSPS) is 11.8. The minimum atomic E-state index is -1.26. The van der Waals surface area contributed by atoms with Gasteiger partial charge in [0.25, 0.3) is 5.91 Å². The Balaban J connectivity index is 0. The van der Waals surface area contributed by atoms with Crippen molar-refractivity contribution in [1.82, 2.24) is 10.6 Å². The van der Waals surface area contributed by atoms with Crippen molar-refractivity contribution in [3.8, 4) is 0 Å². The van der Waals surface area contributed by atoms with Crippen LogP contribution < -0.4 is 16.4 Å². The van der Waals surface area contributed by atoms with Crippen LogP contribution in [0.2, 0.25) is 0 Å². The molecule has 150 valence electrons. The first-order valence-electron chi connectivity index (χ1n) is 8.28. The number of rotatable bonds is 10. The molecule has 2 amide bonds. The Bertz CT molecular complexity index is 494. The van der Waals surface area contributed by atoms with Crippen LogP contribution in [0.1, 0.15) is 40.0 Å². The second-order valence-corrected chi connectivity index (χ2v) is 4.87. The number of carbonyl (C=O) groups excluding carboxylic acids is 5. The summed E-state index contributed by atoms with van der Waals surface area (Å²) < 4.78 is 8.87. The summed E-state index contributed by atoms with van der Waals surface area (Å²) in [6.07, 6.45) is 0.556. The largest absolute Gasteiger partial charge is 0.469 e. The Labute approximate surface area is 153 Å². The maximum atomic E-state index is 11.7. The number of hydrogen-bond acceptors (Lipinski definition) is 8. The Kier molecular flexibility index (Phi) is 14.7. The quantitative estimate of drug-likeness (QED) is 0.326. The standard InChI is InChI=1S/C14H23N3O7.C2H6/c1-4-5-8(15)12(20)13(21)16-7-10(18)17-9(14(22)24-3)6-11(19)23-2;1-2/h8-9H,4-7,15H2,1-3H3,(H,16,21)(H,17,18);1-2H3. The number of ether oxygens (including phenoxy) is 2. The number of nitrogens with one attached hydrogen (secondary N) is 2. The Morgan fingerprint density at radius 2 is 1.62 bits per heavy atom. The van der Waals surface area contributed by atoms with Crippen LogP contribution in [0.4, 0.5) is 0 Å². The molecule has 10 nitrogen and oxygen atoms in total. The fraction of sp³-hybridized carbons (Fsp3) is 0.688. The lowest BCUT2D eigenvalue weighted by Crippen LogP contribution is -2.49. The van der Waals surface area contributed by atoms with Crippen LogP contribution >= 0.6 is 0 Å². The van der Waals surface area contributed by atoms with Crippen LogP contribution in [0, 0.1) is 0 Å². The second kappa shape index (κ2) is 14.8. The van der Waals surface area contributed by atoms with Gasteiger partial charge in [0, 0.05) is 0 Å². The van der Waals surface area contributed by atoms with E-state index in [0.717, 1.165) is 14.2 Å². The Hall–Kier alpha value is -2.49. The number of carbonyl (C=O) groups is 5. The molecule has 0 aromatic rings. The van der Waals surface area contributed by atoms with Gasteiger partial charge in [0.15, 0.2) is 0 Å². The van der Waals surface area contributed by atoms with E-state index in [9.17, 15) is 24.0 Å². The van der Waals surface area contributed by atoms with Crippen LogP contribution in [0.5, 0.6) is 0 Å². The van der Waals surface area contributed by atoms with Gasteiger partial charge >= 0.3 is 11.9 Å². The molecule has 0 fully saturated rings. The van der Waals surface area contributed by atoms with Crippen molar-refractivity contribution >= 4 is 29.5 Å². The van der Waals surface area contributed by atoms with Gasteiger partial charge in [0.05, 0.1) is 33.2 Å². The zero-order valence-electron chi connectivity index (χ0n) is 15.9.